The van der Waals surface area contributed by atoms with Crippen LogP contribution in [0, 0.1) is 11.8 Å². The Morgan fingerprint density at radius 3 is 1.75 bits per heavy atom. The fraction of sp³-hybridized carbons (Fsp3) is 0.688. The lowest BCUT2D eigenvalue weighted by Gasteiger charge is -2.19. The summed E-state index contributed by atoms with van der Waals surface area (Å²) in [6.45, 7) is 1.08. The molecule has 0 aromatic heterocycles. The molecule has 0 radical (unpaired) electrons. The predicted octanol–water partition coefficient (Wildman–Crippen LogP) is 1.89. The van der Waals surface area contributed by atoms with Gasteiger partial charge >= 0.3 is 0 Å². The van der Waals surface area contributed by atoms with Gasteiger partial charge in [0.25, 0.3) is 5.97 Å². The fourth-order valence-electron chi connectivity index (χ4n) is 2.37. The summed E-state index contributed by atoms with van der Waals surface area (Å²) in [7, 11) is 0. The monoisotopic (exact) mass is 432 g/mol. The average molecular weight is 433 g/mol. The Bertz CT molecular complexity index is 505. The summed E-state index contributed by atoms with van der Waals surface area (Å²) in [5, 5.41) is 24.8. The van der Waals surface area contributed by atoms with Crippen LogP contribution in [-0.2, 0) is 19.2 Å². The standard InChI is InChI=1S/C7H10FNO2.C7H9FO2.C2H4O2.ClH.H3NO/c8-6-1-2-7(10)5(3-6)4-9-11;8-6-1-2-7(10)5(3-6)4-9;1-2(3)4;;1-2/h4-6,11H,1-3H2;4-6H,1-3H2;1H3,(H,3,4);1H;2H,1H2/b9-4-;;;;. The molecular formula is C16H27ClF2N2O7. The van der Waals surface area contributed by atoms with Gasteiger partial charge in [0, 0.05) is 19.8 Å². The largest absolute Gasteiger partial charge is 0.481 e. The van der Waals surface area contributed by atoms with Crippen LogP contribution in [0.1, 0.15) is 45.4 Å². The lowest BCUT2D eigenvalue weighted by atomic mass is 9.88. The zero-order valence-electron chi connectivity index (χ0n) is 15.4. The van der Waals surface area contributed by atoms with Crippen molar-refractivity contribution in [2.75, 3.05) is 0 Å². The molecule has 0 aromatic rings. The van der Waals surface area contributed by atoms with Crippen LogP contribution in [-0.4, -0.2) is 57.9 Å². The quantitative estimate of drug-likeness (QED) is 0.168. The molecule has 0 aliphatic heterocycles. The molecule has 28 heavy (non-hydrogen) atoms. The van der Waals surface area contributed by atoms with E-state index in [-0.39, 0.29) is 49.7 Å². The number of halogens is 3. The van der Waals surface area contributed by atoms with Crippen molar-refractivity contribution < 1.29 is 43.5 Å². The normalized spacial score (nSPS) is 26.2. The number of alkyl halides is 2. The third-order valence-corrected chi connectivity index (χ3v) is 3.67. The molecular weight excluding hydrogens is 406 g/mol. The van der Waals surface area contributed by atoms with Gasteiger partial charge in [-0.25, -0.2) is 14.7 Å². The lowest BCUT2D eigenvalue weighted by molar-refractivity contribution is -0.134. The molecule has 2 fully saturated rings. The van der Waals surface area contributed by atoms with Crippen LogP contribution in [0.5, 0.6) is 0 Å². The van der Waals surface area contributed by atoms with Crippen molar-refractivity contribution in [2.45, 2.75) is 57.8 Å². The predicted molar refractivity (Wildman–Crippen MR) is 97.4 cm³/mol. The molecule has 2 aliphatic rings. The molecule has 0 amide bonds. The van der Waals surface area contributed by atoms with Crippen LogP contribution >= 0.6 is 12.4 Å². The smallest absolute Gasteiger partial charge is 0.300 e. The van der Waals surface area contributed by atoms with E-state index in [0.29, 0.717) is 19.1 Å². The van der Waals surface area contributed by atoms with Gasteiger partial charge in [-0.15, -0.1) is 17.6 Å². The molecule has 2 rings (SSSR count). The number of Topliss-reactive ketones (excluding diaryl/α,β-unsaturated/α-hetero) is 2. The third-order valence-electron chi connectivity index (χ3n) is 3.67. The highest BCUT2D eigenvalue weighted by Gasteiger charge is 2.28. The van der Waals surface area contributed by atoms with Crippen LogP contribution in [0.25, 0.3) is 0 Å². The highest BCUT2D eigenvalue weighted by atomic mass is 35.5. The Morgan fingerprint density at radius 1 is 1.07 bits per heavy atom. The third kappa shape index (κ3) is 15.1. The Hall–Kier alpha value is -1.98. The van der Waals surface area contributed by atoms with E-state index in [2.05, 4.69) is 11.1 Å². The summed E-state index contributed by atoms with van der Waals surface area (Å²) in [6.07, 6.45) is 1.15. The minimum atomic E-state index is -0.951. The number of carboxylic acids is 1. The number of nitrogens with zero attached hydrogens (tertiary/aromatic N) is 1. The molecule has 164 valence electrons. The number of hydrogen-bond acceptors (Lipinski definition) is 8. The van der Waals surface area contributed by atoms with E-state index >= 15 is 0 Å². The van der Waals surface area contributed by atoms with Gasteiger partial charge in [0.15, 0.2) is 0 Å². The van der Waals surface area contributed by atoms with Gasteiger partial charge in [0.1, 0.15) is 30.2 Å². The number of carbonyl (C=O) groups is 4. The maximum Gasteiger partial charge on any atom is 0.300 e. The Labute approximate surface area is 167 Å². The van der Waals surface area contributed by atoms with Crippen molar-refractivity contribution in [3.8, 4) is 0 Å². The molecule has 2 saturated carbocycles. The number of nitrogens with two attached hydrogens (primary N) is 1. The minimum Gasteiger partial charge on any atom is -0.481 e. The van der Waals surface area contributed by atoms with Crippen LogP contribution in [0.2, 0.25) is 0 Å². The van der Waals surface area contributed by atoms with E-state index < -0.39 is 30.1 Å². The van der Waals surface area contributed by atoms with E-state index in [1.807, 2.05) is 0 Å². The molecule has 4 atom stereocenters. The molecule has 0 spiro atoms. The second kappa shape index (κ2) is 18.4. The first-order valence-corrected chi connectivity index (χ1v) is 8.13. The van der Waals surface area contributed by atoms with E-state index in [0.717, 1.165) is 13.1 Å². The molecule has 5 N–H and O–H groups in total. The minimum absolute atomic E-state index is 0. The fourth-order valence-corrected chi connectivity index (χ4v) is 2.37. The number of rotatable bonds is 2. The first-order chi connectivity index (χ1) is 12.7. The molecule has 12 heteroatoms. The van der Waals surface area contributed by atoms with E-state index in [1.165, 1.54) is 0 Å². The van der Waals surface area contributed by atoms with Gasteiger partial charge in [-0.05, 0) is 25.7 Å². The van der Waals surface area contributed by atoms with Crippen molar-refractivity contribution in [1.29, 1.82) is 0 Å². The van der Waals surface area contributed by atoms with Crippen LogP contribution in [0.3, 0.4) is 0 Å². The molecule has 2 aliphatic carbocycles. The number of carboxylic acid groups (broad SMARTS) is 1. The Kier molecular flexibility index (Phi) is 20.2. The zero-order chi connectivity index (χ0) is 21.4. The SMILES string of the molecule is CC(=O)O.Cl.NO.O=C1CCC(F)CC1/C=N\O.O=CC1CC(F)CCC1=O. The van der Waals surface area contributed by atoms with Crippen molar-refractivity contribution in [3.63, 3.8) is 0 Å². The van der Waals surface area contributed by atoms with Gasteiger partial charge in [-0.3, -0.25) is 14.4 Å². The molecule has 9 nitrogen and oxygen atoms in total. The van der Waals surface area contributed by atoms with Crippen LogP contribution < -0.4 is 5.90 Å². The van der Waals surface area contributed by atoms with E-state index in [4.69, 9.17) is 20.3 Å². The molecule has 0 saturated heterocycles. The first-order valence-electron chi connectivity index (χ1n) is 8.13. The number of aldehydes is 1. The number of ketones is 2. The average Bonchev–Trinajstić information content (AvgIpc) is 2.62. The summed E-state index contributed by atoms with van der Waals surface area (Å²) >= 11 is 0. The van der Waals surface area contributed by atoms with Gasteiger partial charge in [-0.1, -0.05) is 0 Å². The summed E-state index contributed by atoms with van der Waals surface area (Å²) in [5.74, 6) is 1.35. The summed E-state index contributed by atoms with van der Waals surface area (Å²) < 4.78 is 25.1. The van der Waals surface area contributed by atoms with Crippen molar-refractivity contribution in [1.82, 2.24) is 0 Å². The highest BCUT2D eigenvalue weighted by molar-refractivity contribution is 5.95. The second-order valence-corrected chi connectivity index (χ2v) is 5.81. The van der Waals surface area contributed by atoms with Gasteiger partial charge < -0.3 is 20.3 Å². The second-order valence-electron chi connectivity index (χ2n) is 5.81. The summed E-state index contributed by atoms with van der Waals surface area (Å²) in [4.78, 5) is 40.9. The molecule has 4 unspecified atom stereocenters. The number of carbonyl (C=O) groups excluding carboxylic acids is 3. The highest BCUT2D eigenvalue weighted by Crippen LogP contribution is 2.22. The van der Waals surface area contributed by atoms with Crippen molar-refractivity contribution in [2.24, 2.45) is 22.9 Å². The topological polar surface area (TPSA) is 167 Å². The maximum atomic E-state index is 12.6. The Morgan fingerprint density at radius 2 is 1.43 bits per heavy atom. The van der Waals surface area contributed by atoms with Gasteiger partial charge in [-0.2, -0.15) is 0 Å². The first kappa shape index (κ1) is 30.7. The van der Waals surface area contributed by atoms with Crippen molar-refractivity contribution in [3.05, 3.63) is 0 Å². The summed E-state index contributed by atoms with van der Waals surface area (Å²) in [5.41, 5.74) is 0. The summed E-state index contributed by atoms with van der Waals surface area (Å²) in [6, 6.07) is 0. The van der Waals surface area contributed by atoms with Crippen LogP contribution in [0.15, 0.2) is 5.16 Å². The molecule has 0 aromatic carbocycles. The Balaban J connectivity index is -0.000000342. The van der Waals surface area contributed by atoms with E-state index in [9.17, 15) is 23.2 Å². The zero-order valence-corrected chi connectivity index (χ0v) is 16.2. The van der Waals surface area contributed by atoms with E-state index in [1.54, 1.807) is 0 Å². The van der Waals surface area contributed by atoms with Gasteiger partial charge in [0.2, 0.25) is 0 Å². The molecule has 0 heterocycles. The van der Waals surface area contributed by atoms with Crippen LogP contribution in [0.4, 0.5) is 8.78 Å². The maximum absolute atomic E-state index is 12.6. The van der Waals surface area contributed by atoms with Gasteiger partial charge in [0.05, 0.1) is 18.1 Å². The number of aliphatic carboxylic acids is 1. The molecule has 0 bridgehead atoms. The lowest BCUT2D eigenvalue weighted by Crippen LogP contribution is -2.26. The number of oxime groups is 1. The van der Waals surface area contributed by atoms with Crippen molar-refractivity contribution >= 4 is 42.4 Å². The number of hydrogen-bond donors (Lipinski definition) is 4.